The molecule has 4 heteroatoms. The Bertz CT molecular complexity index is 375. The molecule has 1 atom stereocenters. The maximum absolute atomic E-state index is 5.43. The van der Waals surface area contributed by atoms with Crippen molar-refractivity contribution in [1.82, 2.24) is 5.32 Å². The normalized spacial score (nSPS) is 17.2. The quantitative estimate of drug-likeness (QED) is 0.786. The highest BCUT2D eigenvalue weighted by Gasteiger charge is 2.22. The Balaban J connectivity index is 2.16. The average Bonchev–Trinajstić information content (AvgIpc) is 2.76. The minimum atomic E-state index is -0.353. The van der Waals surface area contributed by atoms with Crippen LogP contribution in [0.15, 0.2) is 18.2 Å². The van der Waals surface area contributed by atoms with Gasteiger partial charge in [0, 0.05) is 13.5 Å². The van der Waals surface area contributed by atoms with Crippen molar-refractivity contribution in [2.24, 2.45) is 0 Å². The van der Waals surface area contributed by atoms with Gasteiger partial charge >= 0.3 is 0 Å². The zero-order valence-corrected chi connectivity index (χ0v) is 9.87. The van der Waals surface area contributed by atoms with Crippen LogP contribution >= 0.6 is 0 Å². The molecule has 4 nitrogen and oxygen atoms in total. The second kappa shape index (κ2) is 4.31. The predicted octanol–water partition coefficient (Wildman–Crippen LogP) is 1.54. The molecule has 0 saturated carbocycles. The fraction of sp³-hybridized carbons (Fsp3) is 0.500. The van der Waals surface area contributed by atoms with Crippen molar-refractivity contribution in [3.63, 3.8) is 0 Å². The standard InChI is InChI=1S/C12H17NO3/c1-12(13-2,14-3)7-9-4-5-10-11(6-9)16-8-15-10/h4-6,13H,7-8H2,1-3H3. The number of methoxy groups -OCH3 is 1. The summed E-state index contributed by atoms with van der Waals surface area (Å²) in [5.74, 6) is 1.62. The van der Waals surface area contributed by atoms with Crippen molar-refractivity contribution in [2.45, 2.75) is 19.1 Å². The molecule has 2 rings (SSSR count). The van der Waals surface area contributed by atoms with Crippen molar-refractivity contribution in [3.8, 4) is 11.5 Å². The van der Waals surface area contributed by atoms with Crippen molar-refractivity contribution in [1.29, 1.82) is 0 Å². The van der Waals surface area contributed by atoms with E-state index in [1.165, 1.54) is 0 Å². The van der Waals surface area contributed by atoms with Crippen LogP contribution in [0.1, 0.15) is 12.5 Å². The van der Waals surface area contributed by atoms with Crippen LogP contribution in [0.2, 0.25) is 0 Å². The minimum Gasteiger partial charge on any atom is -0.454 e. The Morgan fingerprint density at radius 1 is 1.38 bits per heavy atom. The Morgan fingerprint density at radius 2 is 2.12 bits per heavy atom. The van der Waals surface area contributed by atoms with Crippen LogP contribution in [0.4, 0.5) is 0 Å². The Hall–Kier alpha value is -1.26. The van der Waals surface area contributed by atoms with Gasteiger partial charge in [0.15, 0.2) is 11.5 Å². The van der Waals surface area contributed by atoms with E-state index in [2.05, 4.69) is 5.32 Å². The molecule has 0 aliphatic carbocycles. The first-order chi connectivity index (χ1) is 7.67. The summed E-state index contributed by atoms with van der Waals surface area (Å²) < 4.78 is 16.0. The Kier molecular flexibility index (Phi) is 3.03. The summed E-state index contributed by atoms with van der Waals surface area (Å²) in [6, 6.07) is 5.96. The smallest absolute Gasteiger partial charge is 0.231 e. The van der Waals surface area contributed by atoms with Gasteiger partial charge in [-0.05, 0) is 31.7 Å². The number of benzene rings is 1. The molecule has 1 aromatic carbocycles. The number of rotatable bonds is 4. The van der Waals surface area contributed by atoms with Crippen LogP contribution in [0, 0.1) is 0 Å². The minimum absolute atomic E-state index is 0.312. The van der Waals surface area contributed by atoms with Gasteiger partial charge in [-0.15, -0.1) is 0 Å². The summed E-state index contributed by atoms with van der Waals surface area (Å²) in [5.41, 5.74) is 0.802. The number of hydrogen-bond donors (Lipinski definition) is 1. The number of likely N-dealkylation sites (N-methyl/N-ethyl adjacent to an activating group) is 1. The summed E-state index contributed by atoms with van der Waals surface area (Å²) >= 11 is 0. The molecule has 0 amide bonds. The van der Waals surface area contributed by atoms with Gasteiger partial charge in [-0.1, -0.05) is 6.07 Å². The maximum atomic E-state index is 5.43. The fourth-order valence-corrected chi connectivity index (χ4v) is 1.70. The molecule has 88 valence electrons. The van der Waals surface area contributed by atoms with Gasteiger partial charge in [0.2, 0.25) is 6.79 Å². The van der Waals surface area contributed by atoms with Gasteiger partial charge in [-0.2, -0.15) is 0 Å². The highest BCUT2D eigenvalue weighted by molar-refractivity contribution is 5.44. The molecule has 0 saturated heterocycles. The van der Waals surface area contributed by atoms with E-state index in [1.807, 2.05) is 32.2 Å². The average molecular weight is 223 g/mol. The maximum Gasteiger partial charge on any atom is 0.231 e. The van der Waals surface area contributed by atoms with E-state index < -0.39 is 0 Å². The van der Waals surface area contributed by atoms with Crippen molar-refractivity contribution < 1.29 is 14.2 Å². The third-order valence-corrected chi connectivity index (χ3v) is 2.96. The van der Waals surface area contributed by atoms with Crippen LogP contribution in [-0.4, -0.2) is 26.7 Å². The molecule has 1 aromatic rings. The number of hydrogen-bond acceptors (Lipinski definition) is 4. The molecule has 0 spiro atoms. The van der Waals surface area contributed by atoms with Gasteiger partial charge in [0.05, 0.1) is 0 Å². The summed E-state index contributed by atoms with van der Waals surface area (Å²) in [4.78, 5) is 0. The zero-order valence-electron chi connectivity index (χ0n) is 9.87. The molecule has 0 aromatic heterocycles. The van der Waals surface area contributed by atoms with E-state index in [4.69, 9.17) is 14.2 Å². The molecule has 0 radical (unpaired) electrons. The Labute approximate surface area is 95.5 Å². The lowest BCUT2D eigenvalue weighted by molar-refractivity contribution is -0.0167. The lowest BCUT2D eigenvalue weighted by atomic mass is 10.0. The fourth-order valence-electron chi connectivity index (χ4n) is 1.70. The first-order valence-corrected chi connectivity index (χ1v) is 5.29. The molecular formula is C12H17NO3. The molecule has 1 aliphatic rings. The summed E-state index contributed by atoms with van der Waals surface area (Å²) in [5, 5.41) is 3.15. The third kappa shape index (κ3) is 2.13. The van der Waals surface area contributed by atoms with Crippen LogP contribution in [0.3, 0.4) is 0 Å². The summed E-state index contributed by atoms with van der Waals surface area (Å²) in [6.45, 7) is 2.32. The van der Waals surface area contributed by atoms with E-state index in [0.29, 0.717) is 6.79 Å². The molecule has 0 fully saturated rings. The van der Waals surface area contributed by atoms with Gasteiger partial charge in [0.25, 0.3) is 0 Å². The van der Waals surface area contributed by atoms with E-state index in [0.717, 1.165) is 23.5 Å². The second-order valence-corrected chi connectivity index (χ2v) is 4.05. The van der Waals surface area contributed by atoms with E-state index in [9.17, 15) is 0 Å². The third-order valence-electron chi connectivity index (χ3n) is 2.96. The SMILES string of the molecule is CNC(C)(Cc1ccc2c(c1)OCO2)OC. The molecule has 1 N–H and O–H groups in total. The van der Waals surface area contributed by atoms with Crippen LogP contribution in [-0.2, 0) is 11.2 Å². The molecule has 1 aliphatic heterocycles. The van der Waals surface area contributed by atoms with Gasteiger partial charge < -0.3 is 14.2 Å². The molecule has 1 unspecified atom stereocenters. The van der Waals surface area contributed by atoms with Crippen molar-refractivity contribution >= 4 is 0 Å². The second-order valence-electron chi connectivity index (χ2n) is 4.05. The van der Waals surface area contributed by atoms with Crippen molar-refractivity contribution in [2.75, 3.05) is 21.0 Å². The van der Waals surface area contributed by atoms with Gasteiger partial charge in [0.1, 0.15) is 5.72 Å². The molecule has 16 heavy (non-hydrogen) atoms. The van der Waals surface area contributed by atoms with Crippen LogP contribution in [0.5, 0.6) is 11.5 Å². The Morgan fingerprint density at radius 3 is 2.81 bits per heavy atom. The van der Waals surface area contributed by atoms with Crippen molar-refractivity contribution in [3.05, 3.63) is 23.8 Å². The molecule has 0 bridgehead atoms. The molecule has 1 heterocycles. The topological polar surface area (TPSA) is 39.7 Å². The molecular weight excluding hydrogens is 206 g/mol. The number of fused-ring (bicyclic) bond motifs is 1. The van der Waals surface area contributed by atoms with Gasteiger partial charge in [-0.3, -0.25) is 5.32 Å². The highest BCUT2D eigenvalue weighted by Crippen LogP contribution is 2.33. The number of nitrogens with one attached hydrogen (secondary N) is 1. The number of ether oxygens (including phenoxy) is 3. The lowest BCUT2D eigenvalue weighted by Crippen LogP contribution is -2.43. The first kappa shape index (κ1) is 11.2. The van der Waals surface area contributed by atoms with Gasteiger partial charge in [-0.25, -0.2) is 0 Å². The van der Waals surface area contributed by atoms with Crippen LogP contribution < -0.4 is 14.8 Å². The van der Waals surface area contributed by atoms with E-state index >= 15 is 0 Å². The monoisotopic (exact) mass is 223 g/mol. The first-order valence-electron chi connectivity index (χ1n) is 5.29. The summed E-state index contributed by atoms with van der Waals surface area (Å²) in [6.07, 6.45) is 0.774. The lowest BCUT2D eigenvalue weighted by Gasteiger charge is -2.27. The largest absolute Gasteiger partial charge is 0.454 e. The summed E-state index contributed by atoms with van der Waals surface area (Å²) in [7, 11) is 3.58. The highest BCUT2D eigenvalue weighted by atomic mass is 16.7. The van der Waals surface area contributed by atoms with E-state index in [1.54, 1.807) is 7.11 Å². The van der Waals surface area contributed by atoms with E-state index in [-0.39, 0.29) is 5.72 Å². The van der Waals surface area contributed by atoms with Crippen LogP contribution in [0.25, 0.3) is 0 Å². The predicted molar refractivity (Wildman–Crippen MR) is 60.7 cm³/mol. The zero-order chi connectivity index (χ0) is 11.6.